The molecule has 0 unspecified atom stereocenters. The van der Waals surface area contributed by atoms with Gasteiger partial charge in [0.1, 0.15) is 0 Å². The van der Waals surface area contributed by atoms with E-state index in [1.807, 2.05) is 18.2 Å². The van der Waals surface area contributed by atoms with Gasteiger partial charge in [-0.2, -0.15) is 0 Å². The zero-order valence-corrected chi connectivity index (χ0v) is 7.72. The van der Waals surface area contributed by atoms with Gasteiger partial charge in [-0.25, -0.2) is 0 Å². The Morgan fingerprint density at radius 2 is 2.00 bits per heavy atom. The van der Waals surface area contributed by atoms with Gasteiger partial charge >= 0.3 is 0 Å². The second kappa shape index (κ2) is 6.62. The van der Waals surface area contributed by atoms with Crippen LogP contribution in [-0.4, -0.2) is 6.54 Å². The molecule has 0 spiro atoms. The van der Waals surface area contributed by atoms with E-state index in [-0.39, 0.29) is 0 Å². The number of nitrogens with two attached hydrogens (primary N) is 1. The first-order chi connectivity index (χ1) is 5.79. The standard InChI is InChI=1S/C11H17N/c1-4-7-8-11(9-12)10(5-2)6-3/h4-5,7-8H,1-2,6,9,12H2,3H3/b8-7-,11-10-. The average Bonchev–Trinajstić information content (AvgIpc) is 2.12. The van der Waals surface area contributed by atoms with Crippen molar-refractivity contribution < 1.29 is 0 Å². The van der Waals surface area contributed by atoms with Crippen LogP contribution >= 0.6 is 0 Å². The quantitative estimate of drug-likeness (QED) is 0.619. The van der Waals surface area contributed by atoms with Crippen molar-refractivity contribution in [1.82, 2.24) is 0 Å². The Morgan fingerprint density at radius 3 is 2.33 bits per heavy atom. The van der Waals surface area contributed by atoms with Crippen LogP contribution in [0, 0.1) is 0 Å². The molecule has 0 atom stereocenters. The van der Waals surface area contributed by atoms with Gasteiger partial charge in [0.25, 0.3) is 0 Å². The van der Waals surface area contributed by atoms with Crippen molar-refractivity contribution in [2.45, 2.75) is 13.3 Å². The zero-order valence-electron chi connectivity index (χ0n) is 7.72. The normalized spacial score (nSPS) is 12.8. The van der Waals surface area contributed by atoms with E-state index in [1.54, 1.807) is 6.08 Å². The van der Waals surface area contributed by atoms with Crippen LogP contribution in [0.3, 0.4) is 0 Å². The molecule has 12 heavy (non-hydrogen) atoms. The molecule has 0 radical (unpaired) electrons. The maximum atomic E-state index is 5.57. The van der Waals surface area contributed by atoms with Crippen molar-refractivity contribution in [3.8, 4) is 0 Å². The van der Waals surface area contributed by atoms with Crippen LogP contribution in [-0.2, 0) is 0 Å². The summed E-state index contributed by atoms with van der Waals surface area (Å²) in [6.45, 7) is 9.98. The highest BCUT2D eigenvalue weighted by atomic mass is 14.5. The molecular weight excluding hydrogens is 146 g/mol. The third-order valence-corrected chi connectivity index (χ3v) is 1.69. The number of rotatable bonds is 5. The van der Waals surface area contributed by atoms with E-state index in [0.29, 0.717) is 6.54 Å². The SMILES string of the molecule is C=C/C=C\C(CN)=C(/C=C)CC. The second-order valence-electron chi connectivity index (χ2n) is 2.41. The topological polar surface area (TPSA) is 26.0 Å². The molecule has 0 fully saturated rings. The number of hydrogen-bond donors (Lipinski definition) is 1. The van der Waals surface area contributed by atoms with Gasteiger partial charge in [-0.3, -0.25) is 0 Å². The highest BCUT2D eigenvalue weighted by molar-refractivity contribution is 5.34. The van der Waals surface area contributed by atoms with Crippen LogP contribution in [0.5, 0.6) is 0 Å². The molecule has 0 saturated carbocycles. The maximum Gasteiger partial charge on any atom is 0.0180 e. The third-order valence-electron chi connectivity index (χ3n) is 1.69. The van der Waals surface area contributed by atoms with E-state index >= 15 is 0 Å². The lowest BCUT2D eigenvalue weighted by atomic mass is 10.1. The Hall–Kier alpha value is -1.08. The summed E-state index contributed by atoms with van der Waals surface area (Å²) in [4.78, 5) is 0. The molecule has 0 heterocycles. The van der Waals surface area contributed by atoms with Gasteiger partial charge in [-0.1, -0.05) is 44.4 Å². The third kappa shape index (κ3) is 3.35. The average molecular weight is 163 g/mol. The molecule has 0 amide bonds. The monoisotopic (exact) mass is 163 g/mol. The van der Waals surface area contributed by atoms with Gasteiger partial charge in [-0.15, -0.1) is 0 Å². The number of hydrogen-bond acceptors (Lipinski definition) is 1. The lowest BCUT2D eigenvalue weighted by Gasteiger charge is -2.03. The first kappa shape index (κ1) is 10.9. The summed E-state index contributed by atoms with van der Waals surface area (Å²) in [7, 11) is 0. The van der Waals surface area contributed by atoms with E-state index in [9.17, 15) is 0 Å². The molecule has 2 N–H and O–H groups in total. The zero-order chi connectivity index (χ0) is 9.40. The molecule has 66 valence electrons. The van der Waals surface area contributed by atoms with Crippen molar-refractivity contribution in [3.63, 3.8) is 0 Å². The van der Waals surface area contributed by atoms with Crippen LogP contribution in [0.4, 0.5) is 0 Å². The fraction of sp³-hybridized carbons (Fsp3) is 0.273. The molecular formula is C11H17N. The summed E-state index contributed by atoms with van der Waals surface area (Å²) in [6.07, 6.45) is 8.44. The minimum Gasteiger partial charge on any atom is -0.326 e. The largest absolute Gasteiger partial charge is 0.326 e. The van der Waals surface area contributed by atoms with Crippen molar-refractivity contribution in [2.75, 3.05) is 6.54 Å². The summed E-state index contributed by atoms with van der Waals surface area (Å²) < 4.78 is 0. The summed E-state index contributed by atoms with van der Waals surface area (Å²) in [6, 6.07) is 0. The van der Waals surface area contributed by atoms with Crippen molar-refractivity contribution >= 4 is 0 Å². The molecule has 1 nitrogen and oxygen atoms in total. The van der Waals surface area contributed by atoms with Crippen LogP contribution in [0.1, 0.15) is 13.3 Å². The van der Waals surface area contributed by atoms with E-state index in [4.69, 9.17) is 5.73 Å². The summed E-state index contributed by atoms with van der Waals surface area (Å²) >= 11 is 0. The molecule has 0 aliphatic rings. The molecule has 0 saturated heterocycles. The molecule has 0 rings (SSSR count). The smallest absolute Gasteiger partial charge is 0.0180 e. The molecule has 0 aliphatic heterocycles. The lowest BCUT2D eigenvalue weighted by Crippen LogP contribution is -2.03. The molecule has 0 bridgehead atoms. The van der Waals surface area contributed by atoms with Crippen LogP contribution in [0.15, 0.2) is 48.6 Å². The van der Waals surface area contributed by atoms with Crippen LogP contribution in [0.25, 0.3) is 0 Å². The van der Waals surface area contributed by atoms with E-state index < -0.39 is 0 Å². The minimum atomic E-state index is 0.555. The fourth-order valence-electron chi connectivity index (χ4n) is 0.993. The van der Waals surface area contributed by atoms with Gasteiger partial charge in [0, 0.05) is 6.54 Å². The molecule has 0 aromatic heterocycles. The van der Waals surface area contributed by atoms with Gasteiger partial charge < -0.3 is 5.73 Å². The van der Waals surface area contributed by atoms with Gasteiger partial charge in [0.05, 0.1) is 0 Å². The Kier molecular flexibility index (Phi) is 6.02. The first-order valence-corrected chi connectivity index (χ1v) is 4.13. The van der Waals surface area contributed by atoms with Crippen molar-refractivity contribution in [2.24, 2.45) is 5.73 Å². The van der Waals surface area contributed by atoms with Crippen LogP contribution in [0.2, 0.25) is 0 Å². The van der Waals surface area contributed by atoms with Gasteiger partial charge in [0.2, 0.25) is 0 Å². The lowest BCUT2D eigenvalue weighted by molar-refractivity contribution is 1.07. The summed E-state index contributed by atoms with van der Waals surface area (Å²) in [5.41, 5.74) is 7.91. The van der Waals surface area contributed by atoms with Gasteiger partial charge in [-0.05, 0) is 17.6 Å². The van der Waals surface area contributed by atoms with Crippen LogP contribution < -0.4 is 5.73 Å². The maximum absolute atomic E-state index is 5.57. The first-order valence-electron chi connectivity index (χ1n) is 4.13. The van der Waals surface area contributed by atoms with E-state index in [2.05, 4.69) is 20.1 Å². The summed E-state index contributed by atoms with van der Waals surface area (Å²) in [5, 5.41) is 0. The molecule has 0 aromatic carbocycles. The highest BCUT2D eigenvalue weighted by Gasteiger charge is 1.94. The highest BCUT2D eigenvalue weighted by Crippen LogP contribution is 2.09. The van der Waals surface area contributed by atoms with Crippen molar-refractivity contribution in [3.05, 3.63) is 48.6 Å². The van der Waals surface area contributed by atoms with Crippen molar-refractivity contribution in [1.29, 1.82) is 0 Å². The Labute approximate surface area is 75.0 Å². The van der Waals surface area contributed by atoms with Gasteiger partial charge in [0.15, 0.2) is 0 Å². The second-order valence-corrected chi connectivity index (χ2v) is 2.41. The molecule has 0 aromatic rings. The van der Waals surface area contributed by atoms with E-state index in [1.165, 1.54) is 5.57 Å². The number of allylic oxidation sites excluding steroid dienone is 4. The minimum absolute atomic E-state index is 0.555. The Bertz CT molecular complexity index is 209. The fourth-order valence-corrected chi connectivity index (χ4v) is 0.993. The summed E-state index contributed by atoms with van der Waals surface area (Å²) in [5.74, 6) is 0. The predicted molar refractivity (Wildman–Crippen MR) is 55.9 cm³/mol. The van der Waals surface area contributed by atoms with E-state index in [0.717, 1.165) is 12.0 Å². The molecule has 1 heteroatoms. The predicted octanol–water partition coefficient (Wildman–Crippen LogP) is 2.58. The Balaban J connectivity index is 4.67. The molecule has 0 aliphatic carbocycles. The Morgan fingerprint density at radius 1 is 1.33 bits per heavy atom.